The summed E-state index contributed by atoms with van der Waals surface area (Å²) in [5.74, 6) is 1.56. The van der Waals surface area contributed by atoms with Gasteiger partial charge in [-0.15, -0.1) is 24.0 Å². The van der Waals surface area contributed by atoms with Gasteiger partial charge in [-0.2, -0.15) is 0 Å². The molecule has 1 aromatic carbocycles. The zero-order chi connectivity index (χ0) is 18.5. The predicted molar refractivity (Wildman–Crippen MR) is 122 cm³/mol. The van der Waals surface area contributed by atoms with Crippen molar-refractivity contribution >= 4 is 45.9 Å². The van der Waals surface area contributed by atoms with Crippen LogP contribution in [0, 0.1) is 0 Å². The van der Waals surface area contributed by atoms with Gasteiger partial charge < -0.3 is 19.3 Å². The van der Waals surface area contributed by atoms with Crippen molar-refractivity contribution in [1.82, 2.24) is 19.9 Å². The van der Waals surface area contributed by atoms with E-state index >= 15 is 0 Å². The van der Waals surface area contributed by atoms with E-state index < -0.39 is 0 Å². The maximum atomic E-state index is 5.44. The highest BCUT2D eigenvalue weighted by Crippen LogP contribution is 2.19. The van der Waals surface area contributed by atoms with E-state index in [0.717, 1.165) is 34.0 Å². The van der Waals surface area contributed by atoms with Gasteiger partial charge in [0.2, 0.25) is 0 Å². The molecule has 0 unspecified atom stereocenters. The lowest BCUT2D eigenvalue weighted by atomic mass is 10.2. The van der Waals surface area contributed by atoms with Crippen molar-refractivity contribution < 1.29 is 4.52 Å². The van der Waals surface area contributed by atoms with E-state index in [9.17, 15) is 0 Å². The molecule has 1 N–H and O–H groups in total. The molecule has 2 heterocycles. The number of hydrogen-bond acceptors (Lipinski definition) is 3. The standard InChI is InChI=1S/C19H22BrN5O.HI/c1-21-19(25(3)13-17-9-15(20)12-24(17)2)22-11-16-10-18(26-23-16)14-7-5-4-6-8-14;/h4-10,12H,11,13H2,1-3H3,(H,21,22);1H. The first-order valence-electron chi connectivity index (χ1n) is 8.30. The number of aliphatic imine (C=N–C) groups is 1. The average Bonchev–Trinajstić information content (AvgIpc) is 3.23. The minimum atomic E-state index is 0. The summed E-state index contributed by atoms with van der Waals surface area (Å²) in [7, 11) is 5.82. The second-order valence-electron chi connectivity index (χ2n) is 6.07. The van der Waals surface area contributed by atoms with Crippen LogP contribution in [0.3, 0.4) is 0 Å². The molecule has 27 heavy (non-hydrogen) atoms. The van der Waals surface area contributed by atoms with Crippen LogP contribution in [0.2, 0.25) is 0 Å². The Kier molecular flexibility index (Phi) is 7.91. The predicted octanol–water partition coefficient (Wildman–Crippen LogP) is 4.27. The third-order valence-electron chi connectivity index (χ3n) is 4.09. The molecule has 0 aliphatic rings. The Morgan fingerprint density at radius 2 is 2.04 bits per heavy atom. The van der Waals surface area contributed by atoms with Crippen LogP contribution in [-0.2, 0) is 20.1 Å². The molecular weight excluding hydrogens is 521 g/mol. The molecular formula is C19H23BrIN5O. The van der Waals surface area contributed by atoms with Crippen molar-refractivity contribution in [2.75, 3.05) is 14.1 Å². The maximum absolute atomic E-state index is 5.44. The van der Waals surface area contributed by atoms with Crippen LogP contribution >= 0.6 is 39.9 Å². The van der Waals surface area contributed by atoms with E-state index in [1.54, 1.807) is 7.05 Å². The summed E-state index contributed by atoms with van der Waals surface area (Å²) < 4.78 is 8.61. The molecule has 0 aliphatic carbocycles. The highest BCUT2D eigenvalue weighted by atomic mass is 127. The lowest BCUT2D eigenvalue weighted by Gasteiger charge is -2.22. The quantitative estimate of drug-likeness (QED) is 0.297. The molecule has 8 heteroatoms. The van der Waals surface area contributed by atoms with Crippen LogP contribution in [0.15, 0.2) is 62.6 Å². The second-order valence-corrected chi connectivity index (χ2v) is 6.98. The van der Waals surface area contributed by atoms with E-state index in [0.29, 0.717) is 6.54 Å². The monoisotopic (exact) mass is 543 g/mol. The Morgan fingerprint density at radius 1 is 1.30 bits per heavy atom. The van der Waals surface area contributed by atoms with Crippen LogP contribution in [0.25, 0.3) is 11.3 Å². The minimum absolute atomic E-state index is 0. The second kappa shape index (κ2) is 9.93. The molecule has 0 amide bonds. The fourth-order valence-electron chi connectivity index (χ4n) is 2.73. The molecule has 0 radical (unpaired) electrons. The molecule has 6 nitrogen and oxygen atoms in total. The van der Waals surface area contributed by atoms with Crippen LogP contribution in [0.4, 0.5) is 0 Å². The molecule has 3 aromatic rings. The summed E-state index contributed by atoms with van der Waals surface area (Å²) in [6, 6.07) is 14.0. The van der Waals surface area contributed by atoms with Gasteiger partial charge in [0.15, 0.2) is 11.7 Å². The van der Waals surface area contributed by atoms with Gasteiger partial charge in [-0.3, -0.25) is 4.99 Å². The molecule has 0 aliphatic heterocycles. The van der Waals surface area contributed by atoms with Crippen LogP contribution in [-0.4, -0.2) is 34.7 Å². The third kappa shape index (κ3) is 5.58. The molecule has 0 saturated heterocycles. The molecule has 0 atom stereocenters. The first-order valence-corrected chi connectivity index (χ1v) is 9.09. The number of guanidine groups is 1. The number of rotatable bonds is 5. The molecule has 3 rings (SSSR count). The highest BCUT2D eigenvalue weighted by Gasteiger charge is 2.11. The van der Waals surface area contributed by atoms with Crippen molar-refractivity contribution in [2.45, 2.75) is 13.1 Å². The topological polar surface area (TPSA) is 58.6 Å². The van der Waals surface area contributed by atoms with Gasteiger partial charge in [0, 0.05) is 49.1 Å². The Labute approximate surface area is 184 Å². The Hall–Kier alpha value is -1.81. The first-order chi connectivity index (χ1) is 12.6. The van der Waals surface area contributed by atoms with Crippen LogP contribution < -0.4 is 5.32 Å². The van der Waals surface area contributed by atoms with Crippen LogP contribution in [0.5, 0.6) is 0 Å². The minimum Gasteiger partial charge on any atom is -0.356 e. The van der Waals surface area contributed by atoms with Crippen molar-refractivity contribution in [3.05, 3.63) is 64.5 Å². The third-order valence-corrected chi connectivity index (χ3v) is 4.53. The Bertz CT molecular complexity index is 891. The Balaban J connectivity index is 0.00000261. The molecule has 0 fully saturated rings. The number of aromatic nitrogens is 2. The molecule has 2 aromatic heterocycles. The van der Waals surface area contributed by atoms with E-state index in [1.165, 1.54) is 5.69 Å². The van der Waals surface area contributed by atoms with Crippen molar-refractivity contribution in [2.24, 2.45) is 12.0 Å². The van der Waals surface area contributed by atoms with E-state index in [2.05, 4.69) is 46.9 Å². The van der Waals surface area contributed by atoms with Crippen molar-refractivity contribution in [1.29, 1.82) is 0 Å². The zero-order valence-corrected chi connectivity index (χ0v) is 19.4. The zero-order valence-electron chi connectivity index (χ0n) is 15.5. The van der Waals surface area contributed by atoms with Gasteiger partial charge in [0.05, 0.1) is 13.1 Å². The number of benzene rings is 1. The SMILES string of the molecule is CN=C(NCc1cc(-c2ccccc2)on1)N(C)Cc1cc(Br)cn1C.I. The molecule has 0 spiro atoms. The van der Waals surface area contributed by atoms with Gasteiger partial charge in [-0.1, -0.05) is 35.5 Å². The summed E-state index contributed by atoms with van der Waals surface area (Å²) in [6.45, 7) is 1.29. The number of hydrogen-bond donors (Lipinski definition) is 1. The summed E-state index contributed by atoms with van der Waals surface area (Å²) >= 11 is 3.51. The summed E-state index contributed by atoms with van der Waals surface area (Å²) in [4.78, 5) is 6.42. The van der Waals surface area contributed by atoms with Crippen LogP contribution in [0.1, 0.15) is 11.4 Å². The van der Waals surface area contributed by atoms with Crippen molar-refractivity contribution in [3.8, 4) is 11.3 Å². The van der Waals surface area contributed by atoms with E-state index in [1.807, 2.05) is 56.7 Å². The van der Waals surface area contributed by atoms with E-state index in [-0.39, 0.29) is 24.0 Å². The van der Waals surface area contributed by atoms with Gasteiger partial charge in [0.1, 0.15) is 5.69 Å². The average molecular weight is 544 g/mol. The van der Waals surface area contributed by atoms with Crippen molar-refractivity contribution in [3.63, 3.8) is 0 Å². The smallest absolute Gasteiger partial charge is 0.194 e. The lowest BCUT2D eigenvalue weighted by molar-refractivity contribution is 0.419. The fraction of sp³-hybridized carbons (Fsp3) is 0.263. The number of halogens is 2. The first kappa shape index (κ1) is 21.5. The van der Waals surface area contributed by atoms with Gasteiger partial charge >= 0.3 is 0 Å². The largest absolute Gasteiger partial charge is 0.356 e. The van der Waals surface area contributed by atoms with Gasteiger partial charge in [-0.25, -0.2) is 0 Å². The van der Waals surface area contributed by atoms with Gasteiger partial charge in [0.25, 0.3) is 0 Å². The summed E-state index contributed by atoms with van der Waals surface area (Å²) in [5.41, 5.74) is 3.04. The normalized spacial score (nSPS) is 11.2. The number of nitrogens with one attached hydrogen (secondary N) is 1. The van der Waals surface area contributed by atoms with E-state index in [4.69, 9.17) is 4.52 Å². The number of aryl methyl sites for hydroxylation is 1. The fourth-order valence-corrected chi connectivity index (χ4v) is 3.30. The maximum Gasteiger partial charge on any atom is 0.194 e. The summed E-state index contributed by atoms with van der Waals surface area (Å²) in [5, 5.41) is 7.47. The Morgan fingerprint density at radius 3 is 2.67 bits per heavy atom. The number of nitrogens with zero attached hydrogens (tertiary/aromatic N) is 4. The molecule has 0 saturated carbocycles. The molecule has 0 bridgehead atoms. The lowest BCUT2D eigenvalue weighted by Crippen LogP contribution is -2.38. The van der Waals surface area contributed by atoms with Gasteiger partial charge in [-0.05, 0) is 22.0 Å². The molecule has 144 valence electrons. The highest BCUT2D eigenvalue weighted by molar-refractivity contribution is 14.0. The summed E-state index contributed by atoms with van der Waals surface area (Å²) in [6.07, 6.45) is 2.04.